The Morgan fingerprint density at radius 3 is 2.50 bits per heavy atom. The second-order valence-corrected chi connectivity index (χ2v) is 7.15. The number of hydrogen-bond acceptors (Lipinski definition) is 3. The summed E-state index contributed by atoms with van der Waals surface area (Å²) in [5.74, 6) is -0.485. The van der Waals surface area contributed by atoms with Gasteiger partial charge in [0.15, 0.2) is 5.13 Å². The molecule has 0 aliphatic rings. The van der Waals surface area contributed by atoms with E-state index >= 15 is 0 Å². The number of fused-ring (bicyclic) bond motifs is 1. The van der Waals surface area contributed by atoms with Crippen LogP contribution in [0.3, 0.4) is 0 Å². The average Bonchev–Trinajstić information content (AvgIpc) is 3.02. The third kappa shape index (κ3) is 3.21. The number of rotatable bonds is 3. The van der Waals surface area contributed by atoms with Crippen LogP contribution >= 0.6 is 11.3 Å². The molecular weight excluding hydrogens is 347 g/mol. The van der Waals surface area contributed by atoms with Crippen LogP contribution in [-0.4, -0.2) is 10.9 Å². The van der Waals surface area contributed by atoms with E-state index in [0.717, 1.165) is 26.9 Å². The summed E-state index contributed by atoms with van der Waals surface area (Å²) in [5, 5.41) is 5.49. The molecule has 1 aromatic heterocycles. The molecule has 1 heterocycles. The molecule has 0 aliphatic carbocycles. The summed E-state index contributed by atoms with van der Waals surface area (Å²) in [6.07, 6.45) is 0. The molecule has 0 atom stereocenters. The molecule has 0 bridgehead atoms. The van der Waals surface area contributed by atoms with Crippen molar-refractivity contribution in [2.24, 2.45) is 0 Å². The Labute approximate surface area is 154 Å². The van der Waals surface area contributed by atoms with Crippen molar-refractivity contribution in [3.8, 4) is 11.3 Å². The third-order valence-electron chi connectivity index (χ3n) is 4.15. The lowest BCUT2D eigenvalue weighted by Crippen LogP contribution is -2.11. The number of hydrogen-bond donors (Lipinski definition) is 1. The summed E-state index contributed by atoms with van der Waals surface area (Å²) in [5.41, 5.74) is 2.16. The number of benzene rings is 3. The monoisotopic (exact) mass is 362 g/mol. The molecule has 0 fully saturated rings. The van der Waals surface area contributed by atoms with E-state index in [9.17, 15) is 9.18 Å². The van der Waals surface area contributed by atoms with E-state index < -0.39 is 0 Å². The minimum atomic E-state index is -0.286. The average molecular weight is 362 g/mol. The van der Waals surface area contributed by atoms with Gasteiger partial charge in [0.05, 0.1) is 5.69 Å². The molecule has 1 N–H and O–H groups in total. The molecular formula is C21H15FN2OS. The Balaban J connectivity index is 1.59. The lowest BCUT2D eigenvalue weighted by Gasteiger charge is -2.04. The zero-order valence-electron chi connectivity index (χ0n) is 14.0. The van der Waals surface area contributed by atoms with Crippen LogP contribution in [0.2, 0.25) is 0 Å². The number of nitrogens with one attached hydrogen (secondary N) is 1. The number of amides is 1. The van der Waals surface area contributed by atoms with Gasteiger partial charge in [0.2, 0.25) is 0 Å². The predicted octanol–water partition coefficient (Wildman–Crippen LogP) is 5.66. The molecule has 3 nitrogen and oxygen atoms in total. The molecule has 5 heteroatoms. The fraction of sp³-hybridized carbons (Fsp3) is 0.0476. The van der Waals surface area contributed by atoms with Gasteiger partial charge in [-0.3, -0.25) is 10.1 Å². The largest absolute Gasteiger partial charge is 0.298 e. The van der Waals surface area contributed by atoms with Crippen LogP contribution < -0.4 is 5.32 Å². The Hall–Kier alpha value is -3.05. The zero-order valence-corrected chi connectivity index (χ0v) is 14.8. The van der Waals surface area contributed by atoms with Gasteiger partial charge in [-0.2, -0.15) is 0 Å². The topological polar surface area (TPSA) is 42.0 Å². The lowest BCUT2D eigenvalue weighted by molar-refractivity contribution is 0.102. The van der Waals surface area contributed by atoms with Crippen molar-refractivity contribution < 1.29 is 9.18 Å². The molecule has 0 aliphatic heterocycles. The van der Waals surface area contributed by atoms with E-state index in [1.165, 1.54) is 23.5 Å². The Morgan fingerprint density at radius 2 is 1.73 bits per heavy atom. The first kappa shape index (κ1) is 16.4. The van der Waals surface area contributed by atoms with Crippen LogP contribution in [0, 0.1) is 12.7 Å². The zero-order chi connectivity index (χ0) is 18.1. The number of halogens is 1. The Morgan fingerprint density at radius 1 is 1.00 bits per heavy atom. The number of aryl methyl sites for hydroxylation is 1. The third-order valence-corrected chi connectivity index (χ3v) is 5.03. The van der Waals surface area contributed by atoms with Crippen molar-refractivity contribution >= 4 is 33.1 Å². The van der Waals surface area contributed by atoms with E-state index in [2.05, 4.69) is 10.3 Å². The van der Waals surface area contributed by atoms with E-state index in [0.29, 0.717) is 10.7 Å². The van der Waals surface area contributed by atoms with Crippen LogP contribution in [0.4, 0.5) is 9.52 Å². The number of thiazole rings is 1. The SMILES string of the molecule is Cc1sc(NC(=O)c2ccc3ccccc3c2)nc1-c1ccc(F)cc1. The molecule has 3 aromatic carbocycles. The van der Waals surface area contributed by atoms with Gasteiger partial charge in [0.25, 0.3) is 5.91 Å². The summed E-state index contributed by atoms with van der Waals surface area (Å²) in [6, 6.07) is 19.7. The Kier molecular flexibility index (Phi) is 4.22. The van der Waals surface area contributed by atoms with Crippen molar-refractivity contribution in [3.63, 3.8) is 0 Å². The van der Waals surface area contributed by atoms with Crippen molar-refractivity contribution in [2.45, 2.75) is 6.92 Å². The molecule has 0 unspecified atom stereocenters. The number of nitrogens with zero attached hydrogens (tertiary/aromatic N) is 1. The number of aromatic nitrogens is 1. The Bertz CT molecular complexity index is 1100. The first-order valence-electron chi connectivity index (χ1n) is 8.14. The second kappa shape index (κ2) is 6.69. The van der Waals surface area contributed by atoms with Crippen molar-refractivity contribution in [1.29, 1.82) is 0 Å². The fourth-order valence-electron chi connectivity index (χ4n) is 2.83. The van der Waals surface area contributed by atoms with E-state index in [-0.39, 0.29) is 11.7 Å². The molecule has 1 amide bonds. The van der Waals surface area contributed by atoms with E-state index in [1.54, 1.807) is 18.2 Å². The maximum atomic E-state index is 13.1. The van der Waals surface area contributed by atoms with Gasteiger partial charge >= 0.3 is 0 Å². The molecule has 4 rings (SSSR count). The molecule has 26 heavy (non-hydrogen) atoms. The van der Waals surface area contributed by atoms with Gasteiger partial charge in [-0.25, -0.2) is 9.37 Å². The summed E-state index contributed by atoms with van der Waals surface area (Å²) in [7, 11) is 0. The summed E-state index contributed by atoms with van der Waals surface area (Å²) >= 11 is 1.40. The fourth-order valence-corrected chi connectivity index (χ4v) is 3.66. The van der Waals surface area contributed by atoms with Gasteiger partial charge in [-0.1, -0.05) is 30.3 Å². The van der Waals surface area contributed by atoms with Gasteiger partial charge in [-0.15, -0.1) is 11.3 Å². The standard InChI is InChI=1S/C21H15FN2OS/c1-13-19(15-8-10-18(22)11-9-15)23-21(26-13)24-20(25)17-7-6-14-4-2-3-5-16(14)12-17/h2-12H,1H3,(H,23,24,25). The molecule has 0 saturated heterocycles. The van der Waals surface area contributed by atoms with E-state index in [4.69, 9.17) is 0 Å². The second-order valence-electron chi connectivity index (χ2n) is 5.95. The predicted molar refractivity (Wildman–Crippen MR) is 104 cm³/mol. The highest BCUT2D eigenvalue weighted by atomic mass is 32.1. The lowest BCUT2D eigenvalue weighted by atomic mass is 10.1. The first-order chi connectivity index (χ1) is 12.6. The summed E-state index contributed by atoms with van der Waals surface area (Å²) in [6.45, 7) is 1.93. The van der Waals surface area contributed by atoms with Crippen LogP contribution in [0.15, 0.2) is 66.7 Å². The molecule has 4 aromatic rings. The maximum Gasteiger partial charge on any atom is 0.257 e. The quantitative estimate of drug-likeness (QED) is 0.511. The molecule has 0 radical (unpaired) electrons. The maximum absolute atomic E-state index is 13.1. The van der Waals surface area contributed by atoms with Gasteiger partial charge in [0.1, 0.15) is 5.82 Å². The van der Waals surface area contributed by atoms with Crippen molar-refractivity contribution in [2.75, 3.05) is 5.32 Å². The number of carbonyl (C=O) groups is 1. The molecule has 0 saturated carbocycles. The highest BCUT2D eigenvalue weighted by Gasteiger charge is 2.13. The van der Waals surface area contributed by atoms with Crippen LogP contribution in [-0.2, 0) is 0 Å². The molecule has 0 spiro atoms. The van der Waals surface area contributed by atoms with Crippen LogP contribution in [0.5, 0.6) is 0 Å². The minimum Gasteiger partial charge on any atom is -0.298 e. The first-order valence-corrected chi connectivity index (χ1v) is 8.95. The molecule has 128 valence electrons. The normalized spacial score (nSPS) is 10.8. The van der Waals surface area contributed by atoms with Crippen molar-refractivity contribution in [1.82, 2.24) is 4.98 Å². The summed E-state index contributed by atoms with van der Waals surface area (Å²) < 4.78 is 13.1. The van der Waals surface area contributed by atoms with Crippen LogP contribution in [0.25, 0.3) is 22.0 Å². The van der Waals surface area contributed by atoms with E-state index in [1.807, 2.05) is 43.3 Å². The highest BCUT2D eigenvalue weighted by Crippen LogP contribution is 2.30. The minimum absolute atomic E-state index is 0.199. The van der Waals surface area contributed by atoms with Gasteiger partial charge < -0.3 is 0 Å². The number of carbonyl (C=O) groups excluding carboxylic acids is 1. The smallest absolute Gasteiger partial charge is 0.257 e. The summed E-state index contributed by atoms with van der Waals surface area (Å²) in [4.78, 5) is 18.0. The van der Waals surface area contributed by atoms with Crippen LogP contribution in [0.1, 0.15) is 15.2 Å². The van der Waals surface area contributed by atoms with Gasteiger partial charge in [0, 0.05) is 16.0 Å². The van der Waals surface area contributed by atoms with Crippen molar-refractivity contribution in [3.05, 3.63) is 83.0 Å². The number of anilines is 1. The highest BCUT2D eigenvalue weighted by molar-refractivity contribution is 7.16. The van der Waals surface area contributed by atoms with Gasteiger partial charge in [-0.05, 0) is 54.1 Å².